The van der Waals surface area contributed by atoms with E-state index in [2.05, 4.69) is 5.92 Å². The van der Waals surface area contributed by atoms with Gasteiger partial charge in [0.15, 0.2) is 9.84 Å². The third-order valence-electron chi connectivity index (χ3n) is 5.38. The zero-order chi connectivity index (χ0) is 29.4. The van der Waals surface area contributed by atoms with E-state index in [0.29, 0.717) is 0 Å². The predicted octanol–water partition coefficient (Wildman–Crippen LogP) is 6.11. The Bertz CT molecular complexity index is 1620. The zero-order valence-electron chi connectivity index (χ0n) is 20.6. The average molecular weight is 641 g/mol. The Morgan fingerprint density at radius 3 is 2.00 bits per heavy atom. The van der Waals surface area contributed by atoms with Gasteiger partial charge < -0.3 is 5.11 Å². The van der Waals surface area contributed by atoms with Crippen molar-refractivity contribution in [1.82, 2.24) is 0 Å². The number of nitrogens with zero attached hydrogens (tertiary/aromatic N) is 1. The number of aliphatic hydroxyl groups is 1. The molecule has 0 amide bonds. The van der Waals surface area contributed by atoms with Crippen LogP contribution >= 0.6 is 34.5 Å². The van der Waals surface area contributed by atoms with Crippen molar-refractivity contribution in [2.24, 2.45) is 5.92 Å². The van der Waals surface area contributed by atoms with E-state index in [1.165, 1.54) is 30.3 Å². The number of anilines is 1. The fourth-order valence-corrected chi connectivity index (χ4v) is 7.79. The smallest absolute Gasteiger partial charge is 0.366 e. The molecule has 6 nitrogen and oxygen atoms in total. The topological polar surface area (TPSA) is 91.8 Å². The summed E-state index contributed by atoms with van der Waals surface area (Å²) in [5.41, 5.74) is -4.16. The highest BCUT2D eigenvalue weighted by Crippen LogP contribution is 2.41. The monoisotopic (exact) mass is 639 g/mol. The molecule has 2 aromatic carbocycles. The summed E-state index contributed by atoms with van der Waals surface area (Å²) in [6.07, 6.45) is -4.24. The molecule has 1 N–H and O–H groups in total. The summed E-state index contributed by atoms with van der Waals surface area (Å²) < 4.78 is 93.2. The van der Waals surface area contributed by atoms with Gasteiger partial charge in [-0.3, -0.25) is 4.31 Å². The van der Waals surface area contributed by atoms with Crippen molar-refractivity contribution in [1.29, 1.82) is 0 Å². The molecule has 0 fully saturated rings. The molecule has 0 spiro atoms. The Morgan fingerprint density at radius 2 is 1.56 bits per heavy atom. The number of rotatable bonds is 7. The SMILES string of the molecule is CC(C)CN(c1ccc(C(O)(C#Cc2ccc(S(C)(=O)=O)cc2)C(F)(F)F)cc1)S(=O)(=O)c1cc(Cl)sc1Cl. The van der Waals surface area contributed by atoms with Gasteiger partial charge in [-0.1, -0.05) is 55.1 Å². The van der Waals surface area contributed by atoms with Crippen LogP contribution in [-0.4, -0.2) is 40.9 Å². The summed E-state index contributed by atoms with van der Waals surface area (Å²) in [6, 6.07) is 10.2. The molecule has 0 bridgehead atoms. The van der Waals surface area contributed by atoms with Crippen molar-refractivity contribution >= 4 is 60.1 Å². The predicted molar refractivity (Wildman–Crippen MR) is 147 cm³/mol. The van der Waals surface area contributed by atoms with E-state index < -0.39 is 37.2 Å². The molecular weight excluding hydrogens is 618 g/mol. The maximum atomic E-state index is 14.0. The maximum Gasteiger partial charge on any atom is 0.433 e. The number of sulfone groups is 1. The van der Waals surface area contributed by atoms with Crippen LogP contribution < -0.4 is 4.31 Å². The molecule has 39 heavy (non-hydrogen) atoms. The minimum Gasteiger partial charge on any atom is -0.366 e. The highest BCUT2D eigenvalue weighted by molar-refractivity contribution is 7.93. The van der Waals surface area contributed by atoms with Gasteiger partial charge in [-0.05, 0) is 54.3 Å². The third kappa shape index (κ3) is 6.90. The molecule has 0 saturated heterocycles. The van der Waals surface area contributed by atoms with E-state index in [-0.39, 0.29) is 42.2 Å². The summed E-state index contributed by atoms with van der Waals surface area (Å²) in [6.45, 7) is 3.51. The van der Waals surface area contributed by atoms with Crippen LogP contribution in [0.3, 0.4) is 0 Å². The van der Waals surface area contributed by atoms with Crippen molar-refractivity contribution < 1.29 is 35.1 Å². The van der Waals surface area contributed by atoms with Crippen LogP contribution in [0.4, 0.5) is 18.9 Å². The Labute approximate surface area is 239 Å². The van der Waals surface area contributed by atoms with Gasteiger partial charge in [-0.15, -0.1) is 11.3 Å². The van der Waals surface area contributed by atoms with E-state index in [1.54, 1.807) is 13.8 Å². The van der Waals surface area contributed by atoms with Crippen LogP contribution in [0.1, 0.15) is 25.0 Å². The fourth-order valence-electron chi connectivity index (χ4n) is 3.42. The second-order valence-corrected chi connectivity index (χ2v) is 15.1. The maximum absolute atomic E-state index is 14.0. The van der Waals surface area contributed by atoms with Gasteiger partial charge in [0.1, 0.15) is 9.23 Å². The number of benzene rings is 2. The van der Waals surface area contributed by atoms with Gasteiger partial charge in [0.2, 0.25) is 5.60 Å². The van der Waals surface area contributed by atoms with Crippen molar-refractivity contribution in [3.8, 4) is 11.8 Å². The standard InChI is InChI=1S/C25H22Cl2F3NO5S3/c1-16(2)15-31(39(35,36)21-14-22(26)37-23(21)27)19-8-6-18(7-9-19)24(32,25(28,29)30)13-12-17-4-10-20(11-5-17)38(3,33)34/h4-11,14,16,32H,15H2,1-3H3. The van der Waals surface area contributed by atoms with E-state index in [4.69, 9.17) is 23.2 Å². The molecule has 14 heteroatoms. The van der Waals surface area contributed by atoms with Crippen LogP contribution in [0, 0.1) is 17.8 Å². The molecule has 1 heterocycles. The number of sulfonamides is 1. The number of hydrogen-bond acceptors (Lipinski definition) is 6. The van der Waals surface area contributed by atoms with E-state index >= 15 is 0 Å². The second kappa shape index (κ2) is 11.3. The lowest BCUT2D eigenvalue weighted by Crippen LogP contribution is -2.41. The highest BCUT2D eigenvalue weighted by Gasteiger charge is 2.54. The highest BCUT2D eigenvalue weighted by atomic mass is 35.5. The molecule has 3 rings (SSSR count). The summed E-state index contributed by atoms with van der Waals surface area (Å²) in [5.74, 6) is 3.91. The summed E-state index contributed by atoms with van der Waals surface area (Å²) in [7, 11) is -7.74. The molecule has 0 saturated carbocycles. The lowest BCUT2D eigenvalue weighted by molar-refractivity contribution is -0.240. The van der Waals surface area contributed by atoms with E-state index in [1.807, 2.05) is 5.92 Å². The first-order valence-corrected chi connectivity index (χ1v) is 16.0. The average Bonchev–Trinajstić information content (AvgIpc) is 3.18. The molecule has 0 aliphatic carbocycles. The molecular formula is C25H22Cl2F3NO5S3. The Morgan fingerprint density at radius 1 is 1.00 bits per heavy atom. The fraction of sp³-hybridized carbons (Fsp3) is 0.280. The van der Waals surface area contributed by atoms with E-state index in [9.17, 15) is 35.1 Å². The second-order valence-electron chi connectivity index (χ2n) is 8.92. The number of hydrogen-bond donors (Lipinski definition) is 1. The van der Waals surface area contributed by atoms with Gasteiger partial charge in [-0.2, -0.15) is 13.2 Å². The lowest BCUT2D eigenvalue weighted by Gasteiger charge is -2.28. The Balaban J connectivity index is 2.04. The van der Waals surface area contributed by atoms with Gasteiger partial charge >= 0.3 is 6.18 Å². The molecule has 0 aliphatic rings. The quantitative estimate of drug-likeness (QED) is 0.315. The van der Waals surface area contributed by atoms with Crippen LogP contribution in [-0.2, 0) is 25.5 Å². The minimum atomic E-state index is -5.22. The molecule has 0 aliphatic heterocycles. The van der Waals surface area contributed by atoms with Gasteiger partial charge in [0.25, 0.3) is 10.0 Å². The lowest BCUT2D eigenvalue weighted by atomic mass is 9.93. The number of alkyl halides is 3. The molecule has 3 aromatic rings. The summed E-state index contributed by atoms with van der Waals surface area (Å²) in [5, 5.41) is 10.7. The molecule has 1 unspecified atom stereocenters. The first-order chi connectivity index (χ1) is 17.9. The summed E-state index contributed by atoms with van der Waals surface area (Å²) >= 11 is 12.9. The van der Waals surface area contributed by atoms with Crippen LogP contribution in [0.25, 0.3) is 0 Å². The Kier molecular flexibility index (Phi) is 9.07. The molecule has 1 aromatic heterocycles. The normalized spacial score (nSPS) is 14.0. The van der Waals surface area contributed by atoms with Crippen molar-refractivity contribution in [3.05, 3.63) is 74.4 Å². The first-order valence-electron chi connectivity index (χ1n) is 11.1. The molecule has 0 radical (unpaired) electrons. The Hall–Kier alpha value is -2.27. The minimum absolute atomic E-state index is 0.0156. The zero-order valence-corrected chi connectivity index (χ0v) is 24.6. The van der Waals surface area contributed by atoms with Gasteiger partial charge in [0.05, 0.1) is 14.9 Å². The van der Waals surface area contributed by atoms with Crippen LogP contribution in [0.2, 0.25) is 8.67 Å². The van der Waals surface area contributed by atoms with Gasteiger partial charge in [-0.25, -0.2) is 16.8 Å². The van der Waals surface area contributed by atoms with Crippen molar-refractivity contribution in [2.75, 3.05) is 17.1 Å². The van der Waals surface area contributed by atoms with Crippen LogP contribution in [0.5, 0.6) is 0 Å². The third-order valence-corrected chi connectivity index (χ3v) is 10.1. The van der Waals surface area contributed by atoms with Gasteiger partial charge in [0, 0.05) is 23.9 Å². The van der Waals surface area contributed by atoms with Crippen molar-refractivity contribution in [2.45, 2.75) is 35.4 Å². The van der Waals surface area contributed by atoms with Crippen molar-refractivity contribution in [3.63, 3.8) is 0 Å². The molecule has 210 valence electrons. The first kappa shape index (κ1) is 31.3. The van der Waals surface area contributed by atoms with E-state index in [0.717, 1.165) is 46.2 Å². The summed E-state index contributed by atoms with van der Waals surface area (Å²) in [4.78, 5) is -0.273. The largest absolute Gasteiger partial charge is 0.433 e. The molecule has 1 atom stereocenters. The van der Waals surface area contributed by atoms with Crippen LogP contribution in [0.15, 0.2) is 64.4 Å². The number of thiophene rings is 1. The number of halogens is 5.